The fourth-order valence-corrected chi connectivity index (χ4v) is 1.88. The van der Waals surface area contributed by atoms with Gasteiger partial charge in [0.15, 0.2) is 0 Å². The van der Waals surface area contributed by atoms with Gasteiger partial charge in [-0.25, -0.2) is 4.68 Å². The van der Waals surface area contributed by atoms with Gasteiger partial charge in [-0.05, 0) is 32.2 Å². The Morgan fingerprint density at radius 3 is 2.87 bits per heavy atom. The normalized spacial score (nSPS) is 15.9. The molecule has 0 saturated heterocycles. The van der Waals surface area contributed by atoms with Gasteiger partial charge in [0, 0.05) is 13.1 Å². The lowest BCUT2D eigenvalue weighted by Crippen LogP contribution is -2.11. The zero-order chi connectivity index (χ0) is 10.7. The van der Waals surface area contributed by atoms with Crippen LogP contribution in [0.5, 0.6) is 0 Å². The van der Waals surface area contributed by atoms with Crippen molar-refractivity contribution in [3.05, 3.63) is 11.4 Å². The van der Waals surface area contributed by atoms with Gasteiger partial charge in [-0.1, -0.05) is 18.6 Å². The monoisotopic (exact) mass is 208 g/mol. The highest BCUT2D eigenvalue weighted by molar-refractivity contribution is 5.10. The lowest BCUT2D eigenvalue weighted by atomic mass is 10.2. The third-order valence-electron chi connectivity index (χ3n) is 2.88. The summed E-state index contributed by atoms with van der Waals surface area (Å²) in [5.74, 6) is 0.866. The molecule has 0 spiro atoms. The van der Waals surface area contributed by atoms with E-state index in [0.717, 1.165) is 37.5 Å². The Balaban J connectivity index is 2.11. The molecule has 1 aliphatic carbocycles. The molecule has 15 heavy (non-hydrogen) atoms. The standard InChI is InChI=1S/C11H20N4/c1-3-4-11-10(7-12-2)13-14-15(11)8-9-5-6-9/h9,12H,3-8H2,1-2H3. The summed E-state index contributed by atoms with van der Waals surface area (Å²) in [6.45, 7) is 4.11. The largest absolute Gasteiger partial charge is 0.314 e. The van der Waals surface area contributed by atoms with E-state index in [0.29, 0.717) is 0 Å². The van der Waals surface area contributed by atoms with E-state index in [1.165, 1.54) is 18.5 Å². The van der Waals surface area contributed by atoms with Gasteiger partial charge in [0.2, 0.25) is 0 Å². The van der Waals surface area contributed by atoms with Crippen LogP contribution in [0.4, 0.5) is 0 Å². The SMILES string of the molecule is CCCc1c(CNC)nnn1CC1CC1. The molecule has 0 unspecified atom stereocenters. The van der Waals surface area contributed by atoms with Crippen LogP contribution in [0.25, 0.3) is 0 Å². The average Bonchev–Trinajstić information content (AvgIpc) is 2.96. The second-order valence-corrected chi connectivity index (χ2v) is 4.39. The summed E-state index contributed by atoms with van der Waals surface area (Å²) in [5.41, 5.74) is 2.46. The molecule has 4 heteroatoms. The predicted octanol–water partition coefficient (Wildman–Crippen LogP) is 1.36. The van der Waals surface area contributed by atoms with E-state index in [-0.39, 0.29) is 0 Å². The summed E-state index contributed by atoms with van der Waals surface area (Å²) in [4.78, 5) is 0. The van der Waals surface area contributed by atoms with E-state index in [2.05, 4.69) is 27.2 Å². The molecule has 0 amide bonds. The summed E-state index contributed by atoms with van der Waals surface area (Å²) in [6.07, 6.45) is 4.99. The molecule has 2 rings (SSSR count). The fourth-order valence-electron chi connectivity index (χ4n) is 1.88. The summed E-state index contributed by atoms with van der Waals surface area (Å²) >= 11 is 0. The van der Waals surface area contributed by atoms with Crippen molar-refractivity contribution < 1.29 is 0 Å². The van der Waals surface area contributed by atoms with Crippen LogP contribution >= 0.6 is 0 Å². The molecule has 0 bridgehead atoms. The second-order valence-electron chi connectivity index (χ2n) is 4.39. The van der Waals surface area contributed by atoms with Crippen LogP contribution in [0.1, 0.15) is 37.6 Å². The molecule has 1 aromatic rings. The van der Waals surface area contributed by atoms with Gasteiger partial charge in [0.25, 0.3) is 0 Å². The quantitative estimate of drug-likeness (QED) is 0.767. The average molecular weight is 208 g/mol. The van der Waals surface area contributed by atoms with Crippen molar-refractivity contribution in [2.75, 3.05) is 7.05 Å². The van der Waals surface area contributed by atoms with Crippen LogP contribution in [0, 0.1) is 5.92 Å². The number of nitrogens with zero attached hydrogens (tertiary/aromatic N) is 3. The molecule has 0 aromatic carbocycles. The van der Waals surface area contributed by atoms with Crippen molar-refractivity contribution >= 4 is 0 Å². The summed E-state index contributed by atoms with van der Waals surface area (Å²) in [7, 11) is 1.95. The van der Waals surface area contributed by atoms with Crippen molar-refractivity contribution in [1.82, 2.24) is 20.3 Å². The van der Waals surface area contributed by atoms with Crippen LogP contribution < -0.4 is 5.32 Å². The van der Waals surface area contributed by atoms with E-state index in [4.69, 9.17) is 0 Å². The van der Waals surface area contributed by atoms with Gasteiger partial charge in [-0.15, -0.1) is 5.10 Å². The van der Waals surface area contributed by atoms with Gasteiger partial charge < -0.3 is 5.32 Å². The Hall–Kier alpha value is -0.900. The molecule has 0 radical (unpaired) electrons. The molecule has 0 aliphatic heterocycles. The van der Waals surface area contributed by atoms with Crippen molar-refractivity contribution in [2.24, 2.45) is 5.92 Å². The van der Waals surface area contributed by atoms with E-state index in [1.807, 2.05) is 7.05 Å². The highest BCUT2D eigenvalue weighted by atomic mass is 15.4. The van der Waals surface area contributed by atoms with E-state index in [1.54, 1.807) is 0 Å². The van der Waals surface area contributed by atoms with E-state index >= 15 is 0 Å². The Morgan fingerprint density at radius 1 is 1.47 bits per heavy atom. The Morgan fingerprint density at radius 2 is 2.27 bits per heavy atom. The van der Waals surface area contributed by atoms with Crippen LogP contribution in [0.3, 0.4) is 0 Å². The topological polar surface area (TPSA) is 42.7 Å². The molecule has 1 N–H and O–H groups in total. The maximum absolute atomic E-state index is 4.26. The third-order valence-corrected chi connectivity index (χ3v) is 2.88. The van der Waals surface area contributed by atoms with Gasteiger partial charge >= 0.3 is 0 Å². The van der Waals surface area contributed by atoms with Crippen LogP contribution in [-0.4, -0.2) is 22.0 Å². The molecule has 0 atom stereocenters. The predicted molar refractivity (Wildman–Crippen MR) is 59.5 cm³/mol. The number of hydrogen-bond acceptors (Lipinski definition) is 3. The Bertz CT molecular complexity index is 314. The number of nitrogens with one attached hydrogen (secondary N) is 1. The van der Waals surface area contributed by atoms with Gasteiger partial charge in [0.1, 0.15) is 0 Å². The molecule has 1 saturated carbocycles. The maximum Gasteiger partial charge on any atom is 0.0996 e. The first-order chi connectivity index (χ1) is 7.35. The summed E-state index contributed by atoms with van der Waals surface area (Å²) < 4.78 is 2.12. The summed E-state index contributed by atoms with van der Waals surface area (Å²) in [6, 6.07) is 0. The highest BCUT2D eigenvalue weighted by Gasteiger charge is 2.24. The molecule has 1 aliphatic rings. The van der Waals surface area contributed by atoms with Gasteiger partial charge in [-0.3, -0.25) is 0 Å². The molecule has 4 nitrogen and oxygen atoms in total. The smallest absolute Gasteiger partial charge is 0.0996 e. The van der Waals surface area contributed by atoms with Crippen molar-refractivity contribution in [3.63, 3.8) is 0 Å². The first-order valence-corrected chi connectivity index (χ1v) is 5.91. The van der Waals surface area contributed by atoms with Gasteiger partial charge in [-0.2, -0.15) is 0 Å². The molecule has 1 aromatic heterocycles. The van der Waals surface area contributed by atoms with E-state index < -0.39 is 0 Å². The fraction of sp³-hybridized carbons (Fsp3) is 0.818. The first kappa shape index (κ1) is 10.6. The van der Waals surface area contributed by atoms with Crippen LogP contribution in [0.15, 0.2) is 0 Å². The van der Waals surface area contributed by atoms with Crippen molar-refractivity contribution in [2.45, 2.75) is 45.7 Å². The molecular weight excluding hydrogens is 188 g/mol. The number of rotatable bonds is 6. The Kier molecular flexibility index (Phi) is 3.36. The lowest BCUT2D eigenvalue weighted by molar-refractivity contribution is 0.521. The zero-order valence-corrected chi connectivity index (χ0v) is 9.66. The first-order valence-electron chi connectivity index (χ1n) is 5.91. The van der Waals surface area contributed by atoms with Crippen LogP contribution in [0.2, 0.25) is 0 Å². The third kappa shape index (κ3) is 2.56. The zero-order valence-electron chi connectivity index (χ0n) is 9.66. The Labute approximate surface area is 91.1 Å². The van der Waals surface area contributed by atoms with Crippen molar-refractivity contribution in [1.29, 1.82) is 0 Å². The van der Waals surface area contributed by atoms with Gasteiger partial charge in [0.05, 0.1) is 11.4 Å². The molecular formula is C11H20N4. The van der Waals surface area contributed by atoms with Crippen molar-refractivity contribution in [3.8, 4) is 0 Å². The molecule has 84 valence electrons. The molecule has 1 heterocycles. The second kappa shape index (κ2) is 4.75. The highest BCUT2D eigenvalue weighted by Crippen LogP contribution is 2.30. The van der Waals surface area contributed by atoms with Crippen LogP contribution in [-0.2, 0) is 19.5 Å². The minimum atomic E-state index is 0.833. The summed E-state index contributed by atoms with van der Waals surface area (Å²) in [5, 5.41) is 11.7. The lowest BCUT2D eigenvalue weighted by Gasteiger charge is -2.05. The van der Waals surface area contributed by atoms with E-state index in [9.17, 15) is 0 Å². The molecule has 1 fully saturated rings. The minimum absolute atomic E-state index is 0.833. The minimum Gasteiger partial charge on any atom is -0.314 e. The maximum atomic E-state index is 4.26. The number of aromatic nitrogens is 3. The number of hydrogen-bond donors (Lipinski definition) is 1.